The minimum absolute atomic E-state index is 0.403. The molecule has 0 bridgehead atoms. The molecule has 0 radical (unpaired) electrons. The fraction of sp³-hybridized carbons (Fsp3) is 0.647. The van der Waals surface area contributed by atoms with Crippen LogP contribution in [-0.4, -0.2) is 42.6 Å². The summed E-state index contributed by atoms with van der Waals surface area (Å²) in [5, 5.41) is 4.50. The SMILES string of the molecule is CCCNC(CCN(C)C1CCSC1)c1cccc(Cl)c1. The van der Waals surface area contributed by atoms with Crippen molar-refractivity contribution in [2.45, 2.75) is 38.3 Å². The highest BCUT2D eigenvalue weighted by Gasteiger charge is 2.21. The molecule has 21 heavy (non-hydrogen) atoms. The first-order chi connectivity index (χ1) is 10.2. The Morgan fingerprint density at radius 3 is 3.00 bits per heavy atom. The molecule has 1 heterocycles. The molecule has 0 aliphatic carbocycles. The summed E-state index contributed by atoms with van der Waals surface area (Å²) in [5.41, 5.74) is 1.31. The quantitative estimate of drug-likeness (QED) is 0.770. The third kappa shape index (κ3) is 5.48. The average Bonchev–Trinajstić information content (AvgIpc) is 3.01. The van der Waals surface area contributed by atoms with Crippen LogP contribution < -0.4 is 5.32 Å². The summed E-state index contributed by atoms with van der Waals surface area (Å²) in [4.78, 5) is 2.53. The number of halogens is 1. The van der Waals surface area contributed by atoms with Crippen LogP contribution in [0, 0.1) is 0 Å². The predicted molar refractivity (Wildman–Crippen MR) is 95.5 cm³/mol. The summed E-state index contributed by atoms with van der Waals surface area (Å²) < 4.78 is 0. The zero-order valence-corrected chi connectivity index (χ0v) is 14.7. The summed E-state index contributed by atoms with van der Waals surface area (Å²) in [6, 6.07) is 9.45. The van der Waals surface area contributed by atoms with Crippen molar-refractivity contribution in [3.8, 4) is 0 Å². The maximum Gasteiger partial charge on any atom is 0.0409 e. The molecule has 0 amide bonds. The molecule has 1 aliphatic heterocycles. The van der Waals surface area contributed by atoms with E-state index in [4.69, 9.17) is 11.6 Å². The molecule has 0 spiro atoms. The Labute approximate surface area is 138 Å². The number of nitrogens with zero attached hydrogens (tertiary/aromatic N) is 1. The lowest BCUT2D eigenvalue weighted by Crippen LogP contribution is -2.34. The summed E-state index contributed by atoms with van der Waals surface area (Å²) in [7, 11) is 2.27. The summed E-state index contributed by atoms with van der Waals surface area (Å²) in [6.45, 7) is 4.41. The van der Waals surface area contributed by atoms with E-state index in [2.05, 4.69) is 54.1 Å². The molecule has 1 N–H and O–H groups in total. The van der Waals surface area contributed by atoms with Crippen LogP contribution in [0.5, 0.6) is 0 Å². The van der Waals surface area contributed by atoms with Gasteiger partial charge in [-0.05, 0) is 62.8 Å². The van der Waals surface area contributed by atoms with Crippen molar-refractivity contribution >= 4 is 23.4 Å². The van der Waals surface area contributed by atoms with E-state index in [9.17, 15) is 0 Å². The lowest BCUT2D eigenvalue weighted by molar-refractivity contribution is 0.246. The maximum atomic E-state index is 6.15. The van der Waals surface area contributed by atoms with Gasteiger partial charge in [-0.3, -0.25) is 0 Å². The predicted octanol–water partition coefficient (Wildman–Crippen LogP) is 4.21. The van der Waals surface area contributed by atoms with Crippen LogP contribution in [0.4, 0.5) is 0 Å². The average molecular weight is 327 g/mol. The second-order valence-electron chi connectivity index (χ2n) is 5.85. The molecule has 118 valence electrons. The highest BCUT2D eigenvalue weighted by molar-refractivity contribution is 7.99. The van der Waals surface area contributed by atoms with E-state index in [1.807, 2.05) is 6.07 Å². The van der Waals surface area contributed by atoms with E-state index >= 15 is 0 Å². The molecule has 1 aromatic carbocycles. The molecule has 1 saturated heterocycles. The molecule has 0 saturated carbocycles. The van der Waals surface area contributed by atoms with Crippen molar-refractivity contribution in [3.05, 3.63) is 34.9 Å². The van der Waals surface area contributed by atoms with Gasteiger partial charge >= 0.3 is 0 Å². The minimum Gasteiger partial charge on any atom is -0.310 e. The van der Waals surface area contributed by atoms with E-state index in [1.165, 1.54) is 23.5 Å². The maximum absolute atomic E-state index is 6.15. The molecule has 1 fully saturated rings. The van der Waals surface area contributed by atoms with Crippen molar-refractivity contribution in [2.24, 2.45) is 0 Å². The monoisotopic (exact) mass is 326 g/mol. The summed E-state index contributed by atoms with van der Waals surface area (Å²) in [5.74, 6) is 2.61. The number of hydrogen-bond acceptors (Lipinski definition) is 3. The first-order valence-corrected chi connectivity index (χ1v) is 9.50. The molecular weight excluding hydrogens is 300 g/mol. The molecular formula is C17H27ClN2S. The molecule has 4 heteroatoms. The second-order valence-corrected chi connectivity index (χ2v) is 7.43. The van der Waals surface area contributed by atoms with Crippen LogP contribution in [0.2, 0.25) is 5.02 Å². The van der Waals surface area contributed by atoms with E-state index in [1.54, 1.807) is 0 Å². The van der Waals surface area contributed by atoms with Crippen LogP contribution in [0.25, 0.3) is 0 Å². The van der Waals surface area contributed by atoms with Gasteiger partial charge < -0.3 is 10.2 Å². The number of thioether (sulfide) groups is 1. The zero-order chi connectivity index (χ0) is 15.1. The Hall–Kier alpha value is -0.220. The second kappa shape index (κ2) is 9.04. The van der Waals surface area contributed by atoms with Crippen molar-refractivity contribution in [1.82, 2.24) is 10.2 Å². The Bertz CT molecular complexity index is 421. The number of hydrogen-bond donors (Lipinski definition) is 1. The topological polar surface area (TPSA) is 15.3 Å². The Morgan fingerprint density at radius 1 is 1.48 bits per heavy atom. The lowest BCUT2D eigenvalue weighted by atomic mass is 10.0. The van der Waals surface area contributed by atoms with Gasteiger partial charge in [0.1, 0.15) is 0 Å². The van der Waals surface area contributed by atoms with Crippen LogP contribution >= 0.6 is 23.4 Å². The van der Waals surface area contributed by atoms with Crippen LogP contribution in [0.15, 0.2) is 24.3 Å². The Balaban J connectivity index is 1.92. The molecule has 2 atom stereocenters. The fourth-order valence-electron chi connectivity index (χ4n) is 2.81. The highest BCUT2D eigenvalue weighted by Crippen LogP contribution is 2.24. The van der Waals surface area contributed by atoms with Crippen LogP contribution in [0.1, 0.15) is 37.8 Å². The molecule has 1 aromatic rings. The van der Waals surface area contributed by atoms with Gasteiger partial charge in [0, 0.05) is 22.9 Å². The number of benzene rings is 1. The third-order valence-electron chi connectivity index (χ3n) is 4.19. The molecule has 2 rings (SSSR count). The standard InChI is InChI=1S/C17H27ClN2S/c1-3-9-19-17(14-5-4-6-15(18)12-14)7-10-20(2)16-8-11-21-13-16/h4-6,12,16-17,19H,3,7-11,13H2,1-2H3. The number of rotatable bonds is 8. The van der Waals surface area contributed by atoms with Crippen molar-refractivity contribution in [3.63, 3.8) is 0 Å². The Kier molecular flexibility index (Phi) is 7.38. The van der Waals surface area contributed by atoms with Crippen molar-refractivity contribution < 1.29 is 0 Å². The van der Waals surface area contributed by atoms with E-state index < -0.39 is 0 Å². The first-order valence-electron chi connectivity index (χ1n) is 7.97. The smallest absolute Gasteiger partial charge is 0.0409 e. The van der Waals surface area contributed by atoms with Crippen molar-refractivity contribution in [1.29, 1.82) is 0 Å². The molecule has 2 unspecified atom stereocenters. The molecule has 2 nitrogen and oxygen atoms in total. The largest absolute Gasteiger partial charge is 0.310 e. The van der Waals surface area contributed by atoms with Gasteiger partial charge in [0.25, 0.3) is 0 Å². The van der Waals surface area contributed by atoms with Crippen molar-refractivity contribution in [2.75, 3.05) is 31.6 Å². The van der Waals surface area contributed by atoms with Gasteiger partial charge in [0.05, 0.1) is 0 Å². The zero-order valence-electron chi connectivity index (χ0n) is 13.1. The number of nitrogens with one attached hydrogen (secondary N) is 1. The van der Waals surface area contributed by atoms with E-state index in [0.29, 0.717) is 6.04 Å². The first kappa shape index (κ1) is 17.1. The van der Waals surface area contributed by atoms with Crippen LogP contribution in [-0.2, 0) is 0 Å². The molecule has 1 aliphatic rings. The summed E-state index contributed by atoms with van der Waals surface area (Å²) >= 11 is 8.23. The van der Waals surface area contributed by atoms with Gasteiger partial charge in [-0.2, -0.15) is 11.8 Å². The van der Waals surface area contributed by atoms with E-state index in [0.717, 1.165) is 37.0 Å². The molecule has 0 aromatic heterocycles. The fourth-order valence-corrected chi connectivity index (χ4v) is 4.31. The van der Waals surface area contributed by atoms with Gasteiger partial charge in [-0.1, -0.05) is 30.7 Å². The van der Waals surface area contributed by atoms with Gasteiger partial charge in [-0.25, -0.2) is 0 Å². The normalized spacial score (nSPS) is 20.1. The van der Waals surface area contributed by atoms with Crippen LogP contribution in [0.3, 0.4) is 0 Å². The Morgan fingerprint density at radius 2 is 2.33 bits per heavy atom. The minimum atomic E-state index is 0.403. The lowest BCUT2D eigenvalue weighted by Gasteiger charge is -2.27. The van der Waals surface area contributed by atoms with E-state index in [-0.39, 0.29) is 0 Å². The highest BCUT2D eigenvalue weighted by atomic mass is 35.5. The third-order valence-corrected chi connectivity index (χ3v) is 5.57. The summed E-state index contributed by atoms with van der Waals surface area (Å²) in [6.07, 6.45) is 3.63. The van der Waals surface area contributed by atoms with Gasteiger partial charge in [0.2, 0.25) is 0 Å². The van der Waals surface area contributed by atoms with Gasteiger partial charge in [0.15, 0.2) is 0 Å². The van der Waals surface area contributed by atoms with Gasteiger partial charge in [-0.15, -0.1) is 0 Å².